The molecule has 0 saturated carbocycles. The fourth-order valence-corrected chi connectivity index (χ4v) is 7.47. The van der Waals surface area contributed by atoms with E-state index >= 15 is 0 Å². The van der Waals surface area contributed by atoms with Crippen LogP contribution in [-0.4, -0.2) is 13.1 Å². The molecule has 0 amide bonds. The molecule has 0 fully saturated rings. The minimum absolute atomic E-state index is 0.254. The zero-order valence-corrected chi connectivity index (χ0v) is 33.2. The number of halogens is 2. The van der Waals surface area contributed by atoms with Gasteiger partial charge in [-0.2, -0.15) is 0 Å². The summed E-state index contributed by atoms with van der Waals surface area (Å²) in [6, 6.07) is 30.4. The first-order valence-electron chi connectivity index (χ1n) is 19.8. The van der Waals surface area contributed by atoms with Crippen molar-refractivity contribution in [2.24, 2.45) is 0 Å². The number of rotatable bonds is 24. The van der Waals surface area contributed by atoms with E-state index in [1.54, 1.807) is 0 Å². The average molecular weight is 730 g/mol. The van der Waals surface area contributed by atoms with Crippen molar-refractivity contribution in [1.29, 1.82) is 0 Å². The van der Waals surface area contributed by atoms with Crippen LogP contribution < -0.4 is 15.4 Å². The van der Waals surface area contributed by atoms with Crippen molar-refractivity contribution in [2.45, 2.75) is 130 Å². The molecule has 0 bridgehead atoms. The van der Waals surface area contributed by atoms with Gasteiger partial charge in [-0.1, -0.05) is 151 Å². The first-order valence-corrected chi connectivity index (χ1v) is 20.6. The number of hydrogen-bond acceptors (Lipinski definition) is 3. The summed E-state index contributed by atoms with van der Waals surface area (Å²) in [4.78, 5) is 0. The number of unbranched alkanes of at least 4 members (excludes halogenated alkanes) is 6. The Morgan fingerprint density at radius 3 is 1.31 bits per heavy atom. The van der Waals surface area contributed by atoms with Crippen LogP contribution in [0.5, 0.6) is 11.5 Å². The summed E-state index contributed by atoms with van der Waals surface area (Å²) in [5.41, 5.74) is 7.47. The van der Waals surface area contributed by atoms with Gasteiger partial charge in [0, 0.05) is 46.1 Å². The molecule has 2 unspecified atom stereocenters. The Morgan fingerprint density at radius 2 is 0.922 bits per heavy atom. The third kappa shape index (κ3) is 13.3. The van der Waals surface area contributed by atoms with E-state index in [2.05, 4.69) is 111 Å². The molecule has 0 aliphatic rings. The van der Waals surface area contributed by atoms with Gasteiger partial charge in [-0.25, -0.2) is 0 Å². The average Bonchev–Trinajstić information content (AvgIpc) is 3.12. The molecule has 2 N–H and O–H groups in total. The zero-order valence-electron chi connectivity index (χ0n) is 31.7. The molecule has 0 radical (unpaired) electrons. The van der Waals surface area contributed by atoms with Crippen LogP contribution in [-0.2, 0) is 12.8 Å². The lowest BCUT2D eigenvalue weighted by Gasteiger charge is -2.26. The van der Waals surface area contributed by atoms with Crippen LogP contribution in [0.15, 0.2) is 84.9 Å². The molecule has 5 heteroatoms. The lowest BCUT2D eigenvalue weighted by Crippen LogP contribution is -2.24. The minimum atomic E-state index is 0.254. The predicted octanol–water partition coefficient (Wildman–Crippen LogP) is 14.0. The Hall–Kier alpha value is -2.82. The summed E-state index contributed by atoms with van der Waals surface area (Å²) in [5.74, 6) is 1.83. The fourth-order valence-electron chi connectivity index (χ4n) is 7.05. The Bertz CT molecular complexity index is 1450. The van der Waals surface area contributed by atoms with Crippen LogP contribution in [0.25, 0.3) is 0 Å². The van der Waals surface area contributed by atoms with E-state index in [4.69, 9.17) is 27.9 Å². The van der Waals surface area contributed by atoms with Crippen LogP contribution in [0.3, 0.4) is 0 Å². The van der Waals surface area contributed by atoms with E-state index in [0.717, 1.165) is 73.2 Å². The molecule has 0 aliphatic heterocycles. The van der Waals surface area contributed by atoms with Crippen molar-refractivity contribution in [3.63, 3.8) is 0 Å². The standard InChI is InChI=1S/C46H62Cl2N2O/c1-5-9-13-25-43(49-29-11-7-3)39-23-17-27-45(41(39)33-35-19-15-21-37(47)31-35)51-46-28-18-24-40(42(46)34-36-20-16-22-38(48)32-36)44(26-14-10-6-2)50-30-12-8-4/h15-24,27-28,31-32,43-44,49-50H,5-14,25-26,29-30,33-34H2,1-4H3. The molecule has 0 heterocycles. The Morgan fingerprint density at radius 1 is 0.510 bits per heavy atom. The highest BCUT2D eigenvalue weighted by Crippen LogP contribution is 2.39. The lowest BCUT2D eigenvalue weighted by atomic mass is 9.90. The molecule has 3 nitrogen and oxygen atoms in total. The quantitative estimate of drug-likeness (QED) is 0.0705. The van der Waals surface area contributed by atoms with Gasteiger partial charge in [0.2, 0.25) is 0 Å². The van der Waals surface area contributed by atoms with Crippen LogP contribution in [0, 0.1) is 0 Å². The van der Waals surface area contributed by atoms with Crippen molar-refractivity contribution in [2.75, 3.05) is 13.1 Å². The zero-order chi connectivity index (χ0) is 36.3. The van der Waals surface area contributed by atoms with Gasteiger partial charge >= 0.3 is 0 Å². The highest BCUT2D eigenvalue weighted by molar-refractivity contribution is 6.30. The molecule has 0 saturated heterocycles. The molecule has 4 aromatic carbocycles. The minimum Gasteiger partial charge on any atom is -0.457 e. The summed E-state index contributed by atoms with van der Waals surface area (Å²) in [7, 11) is 0. The molecule has 0 spiro atoms. The van der Waals surface area contributed by atoms with Gasteiger partial charge in [-0.15, -0.1) is 0 Å². The van der Waals surface area contributed by atoms with Crippen molar-refractivity contribution in [1.82, 2.24) is 10.6 Å². The summed E-state index contributed by atoms with van der Waals surface area (Å²) in [5, 5.41) is 9.41. The van der Waals surface area contributed by atoms with Crippen LogP contribution in [0.1, 0.15) is 150 Å². The van der Waals surface area contributed by atoms with Gasteiger partial charge in [-0.3, -0.25) is 0 Å². The molecule has 4 rings (SSSR count). The van der Waals surface area contributed by atoms with Crippen molar-refractivity contribution in [3.05, 3.63) is 128 Å². The summed E-state index contributed by atoms with van der Waals surface area (Å²) in [6.07, 6.45) is 15.6. The third-order valence-corrected chi connectivity index (χ3v) is 10.4. The van der Waals surface area contributed by atoms with Gasteiger partial charge in [0.1, 0.15) is 11.5 Å². The highest BCUT2D eigenvalue weighted by Gasteiger charge is 2.23. The molecular formula is C46H62Cl2N2O. The Balaban J connectivity index is 1.84. The second-order valence-electron chi connectivity index (χ2n) is 14.1. The van der Waals surface area contributed by atoms with Crippen molar-refractivity contribution in [3.8, 4) is 11.5 Å². The van der Waals surface area contributed by atoms with Crippen LogP contribution in [0.2, 0.25) is 10.0 Å². The smallest absolute Gasteiger partial charge is 0.131 e. The van der Waals surface area contributed by atoms with E-state index in [0.29, 0.717) is 0 Å². The van der Waals surface area contributed by atoms with Gasteiger partial charge in [0.05, 0.1) is 0 Å². The first kappa shape index (κ1) is 40.9. The lowest BCUT2D eigenvalue weighted by molar-refractivity contribution is 0.444. The molecule has 0 aliphatic carbocycles. The highest BCUT2D eigenvalue weighted by atomic mass is 35.5. The molecule has 4 aromatic rings. The van der Waals surface area contributed by atoms with Gasteiger partial charge in [-0.05, 0) is 97.4 Å². The predicted molar refractivity (Wildman–Crippen MR) is 221 cm³/mol. The maximum atomic E-state index is 7.21. The second kappa shape index (κ2) is 23.0. The Kier molecular flexibility index (Phi) is 18.4. The number of nitrogens with one attached hydrogen (secondary N) is 2. The normalized spacial score (nSPS) is 12.6. The molecule has 51 heavy (non-hydrogen) atoms. The van der Waals surface area contributed by atoms with E-state index in [-0.39, 0.29) is 12.1 Å². The van der Waals surface area contributed by atoms with E-state index < -0.39 is 0 Å². The second-order valence-corrected chi connectivity index (χ2v) is 14.9. The van der Waals surface area contributed by atoms with Crippen LogP contribution in [0.4, 0.5) is 0 Å². The largest absolute Gasteiger partial charge is 0.457 e. The first-order chi connectivity index (χ1) is 25.0. The maximum absolute atomic E-state index is 7.21. The molecule has 0 aromatic heterocycles. The SMILES string of the molecule is CCCCCC(NCCCC)c1cccc(Oc2cccc(C(CCCCC)NCCCC)c2Cc2cccc(Cl)c2)c1Cc1cccc(Cl)c1. The number of benzene rings is 4. The van der Waals surface area contributed by atoms with Gasteiger partial charge < -0.3 is 15.4 Å². The van der Waals surface area contributed by atoms with E-state index in [9.17, 15) is 0 Å². The molecule has 276 valence electrons. The topological polar surface area (TPSA) is 33.3 Å². The third-order valence-electron chi connectivity index (χ3n) is 9.88. The Labute approximate surface area is 319 Å². The number of hydrogen-bond donors (Lipinski definition) is 2. The maximum Gasteiger partial charge on any atom is 0.131 e. The van der Waals surface area contributed by atoms with E-state index in [1.165, 1.54) is 84.7 Å². The monoisotopic (exact) mass is 728 g/mol. The molecule has 2 atom stereocenters. The van der Waals surface area contributed by atoms with Gasteiger partial charge in [0.25, 0.3) is 0 Å². The summed E-state index contributed by atoms with van der Waals surface area (Å²) < 4.78 is 7.21. The summed E-state index contributed by atoms with van der Waals surface area (Å²) in [6.45, 7) is 11.1. The number of ether oxygens (including phenoxy) is 1. The van der Waals surface area contributed by atoms with Crippen LogP contribution >= 0.6 is 23.2 Å². The molecular weight excluding hydrogens is 667 g/mol. The van der Waals surface area contributed by atoms with Crippen molar-refractivity contribution < 1.29 is 4.74 Å². The fraction of sp³-hybridized carbons (Fsp3) is 0.478. The summed E-state index contributed by atoms with van der Waals surface area (Å²) >= 11 is 13.1. The van der Waals surface area contributed by atoms with Gasteiger partial charge in [0.15, 0.2) is 0 Å². The van der Waals surface area contributed by atoms with Crippen molar-refractivity contribution >= 4 is 23.2 Å². The van der Waals surface area contributed by atoms with E-state index in [1.807, 2.05) is 12.1 Å².